The van der Waals surface area contributed by atoms with Crippen LogP contribution in [0.1, 0.15) is 19.8 Å². The Morgan fingerprint density at radius 1 is 1.67 bits per heavy atom. The first-order chi connectivity index (χ1) is 8.58. The second-order valence-electron chi connectivity index (χ2n) is 4.13. The molecule has 1 aromatic rings. The highest BCUT2D eigenvalue weighted by Crippen LogP contribution is 2.24. The lowest BCUT2D eigenvalue weighted by Crippen LogP contribution is -2.37. The smallest absolute Gasteiger partial charge is 0.406 e. The molecule has 1 heterocycles. The van der Waals surface area contributed by atoms with Crippen LogP contribution in [0.5, 0.6) is 5.75 Å². The minimum atomic E-state index is -0.784. The van der Waals surface area contributed by atoms with Crippen LogP contribution >= 0.6 is 0 Å². The third kappa shape index (κ3) is 2.93. The van der Waals surface area contributed by atoms with E-state index in [1.54, 1.807) is 6.92 Å². The maximum Gasteiger partial charge on any atom is 0.406 e. The Hall–Kier alpha value is -2.18. The van der Waals surface area contributed by atoms with Crippen molar-refractivity contribution in [2.24, 2.45) is 0 Å². The quantitative estimate of drug-likeness (QED) is 0.623. The molecule has 1 aliphatic carbocycles. The van der Waals surface area contributed by atoms with E-state index in [9.17, 15) is 14.9 Å². The summed E-state index contributed by atoms with van der Waals surface area (Å²) in [4.78, 5) is 25.3. The Kier molecular flexibility index (Phi) is 3.40. The fourth-order valence-electron chi connectivity index (χ4n) is 1.40. The Bertz CT molecular complexity index is 473. The van der Waals surface area contributed by atoms with E-state index in [0.717, 1.165) is 12.8 Å². The average Bonchev–Trinajstić information content (AvgIpc) is 3.13. The van der Waals surface area contributed by atoms with E-state index in [-0.39, 0.29) is 23.5 Å². The first kappa shape index (κ1) is 12.3. The number of aromatic nitrogens is 1. The van der Waals surface area contributed by atoms with E-state index in [1.165, 1.54) is 18.3 Å². The van der Waals surface area contributed by atoms with Crippen LogP contribution in [-0.4, -0.2) is 28.0 Å². The highest BCUT2D eigenvalue weighted by atomic mass is 16.6. The van der Waals surface area contributed by atoms with Gasteiger partial charge in [-0.1, -0.05) is 0 Å². The number of rotatable bonds is 5. The topological polar surface area (TPSA) is 94.4 Å². The Morgan fingerprint density at radius 3 is 3.00 bits per heavy atom. The summed E-state index contributed by atoms with van der Waals surface area (Å²) in [7, 11) is 0. The Morgan fingerprint density at radius 2 is 2.39 bits per heavy atom. The maximum atomic E-state index is 11.7. The summed E-state index contributed by atoms with van der Waals surface area (Å²) in [5, 5.41) is 13.5. The number of nitrogens with zero attached hydrogens (tertiary/aromatic N) is 2. The first-order valence-electron chi connectivity index (χ1n) is 5.64. The minimum absolute atomic E-state index is 0.000877. The zero-order chi connectivity index (χ0) is 13.1. The lowest BCUT2D eigenvalue weighted by molar-refractivity contribution is -0.390. The SMILES string of the molecule is C[C@H](Oc1cccnc1[N+](=O)[O-])C(=O)NC1CC1. The molecule has 1 amide bonds. The number of hydrogen-bond acceptors (Lipinski definition) is 5. The van der Waals surface area contributed by atoms with Gasteiger partial charge in [-0.2, -0.15) is 0 Å². The van der Waals surface area contributed by atoms with E-state index < -0.39 is 11.0 Å². The monoisotopic (exact) mass is 251 g/mol. The van der Waals surface area contributed by atoms with E-state index >= 15 is 0 Å². The summed E-state index contributed by atoms with van der Waals surface area (Å²) in [5.74, 6) is -0.653. The molecule has 0 bridgehead atoms. The second-order valence-corrected chi connectivity index (χ2v) is 4.13. The fraction of sp³-hybridized carbons (Fsp3) is 0.455. The molecule has 1 fully saturated rings. The molecular weight excluding hydrogens is 238 g/mol. The molecule has 1 aliphatic rings. The van der Waals surface area contributed by atoms with Crippen molar-refractivity contribution in [2.75, 3.05) is 0 Å². The van der Waals surface area contributed by atoms with Crippen molar-refractivity contribution in [3.05, 3.63) is 28.4 Å². The molecule has 0 unspecified atom stereocenters. The summed E-state index contributed by atoms with van der Waals surface area (Å²) in [6.07, 6.45) is 2.48. The second kappa shape index (κ2) is 4.99. The van der Waals surface area contributed by atoms with Gasteiger partial charge in [0.05, 0.1) is 0 Å². The number of pyridine rings is 1. The lowest BCUT2D eigenvalue weighted by Gasteiger charge is -2.13. The van der Waals surface area contributed by atoms with Gasteiger partial charge in [-0.25, -0.2) is 0 Å². The maximum absolute atomic E-state index is 11.7. The number of hydrogen-bond donors (Lipinski definition) is 1. The molecule has 18 heavy (non-hydrogen) atoms. The van der Waals surface area contributed by atoms with Crippen LogP contribution in [0.3, 0.4) is 0 Å². The molecule has 1 N–H and O–H groups in total. The number of carbonyl (C=O) groups is 1. The Balaban J connectivity index is 2.03. The van der Waals surface area contributed by atoms with E-state index in [1.807, 2.05) is 0 Å². The Labute approximate surface area is 103 Å². The average molecular weight is 251 g/mol. The van der Waals surface area contributed by atoms with Gasteiger partial charge in [0.2, 0.25) is 5.75 Å². The molecule has 0 aromatic carbocycles. The van der Waals surface area contributed by atoms with Gasteiger partial charge < -0.3 is 20.2 Å². The number of nitrogens with one attached hydrogen (secondary N) is 1. The van der Waals surface area contributed by atoms with Crippen molar-refractivity contribution < 1.29 is 14.5 Å². The van der Waals surface area contributed by atoms with Crippen LogP contribution in [0.2, 0.25) is 0 Å². The molecule has 1 aromatic heterocycles. The third-order valence-corrected chi connectivity index (χ3v) is 2.52. The van der Waals surface area contributed by atoms with Crippen LogP contribution in [-0.2, 0) is 4.79 Å². The van der Waals surface area contributed by atoms with Crippen LogP contribution in [0, 0.1) is 10.1 Å². The molecule has 7 heteroatoms. The predicted octanol–water partition coefficient (Wildman–Crippen LogP) is 1.04. The summed E-state index contributed by atoms with van der Waals surface area (Å²) in [6, 6.07) is 3.17. The van der Waals surface area contributed by atoms with Crippen molar-refractivity contribution in [3.63, 3.8) is 0 Å². The van der Waals surface area contributed by atoms with Crippen molar-refractivity contribution in [3.8, 4) is 5.75 Å². The van der Waals surface area contributed by atoms with Crippen LogP contribution in [0.4, 0.5) is 5.82 Å². The molecule has 0 spiro atoms. The summed E-state index contributed by atoms with van der Waals surface area (Å²) < 4.78 is 5.28. The summed E-state index contributed by atoms with van der Waals surface area (Å²) in [6.45, 7) is 1.55. The summed E-state index contributed by atoms with van der Waals surface area (Å²) >= 11 is 0. The van der Waals surface area contributed by atoms with Gasteiger partial charge >= 0.3 is 5.82 Å². The predicted molar refractivity (Wildman–Crippen MR) is 62.1 cm³/mol. The molecule has 1 atom stereocenters. The largest absolute Gasteiger partial charge is 0.473 e. The number of amides is 1. The minimum Gasteiger partial charge on any atom is -0.473 e. The molecule has 96 valence electrons. The molecular formula is C11H13N3O4. The zero-order valence-corrected chi connectivity index (χ0v) is 9.83. The lowest BCUT2D eigenvalue weighted by atomic mass is 10.3. The van der Waals surface area contributed by atoms with Gasteiger partial charge in [-0.3, -0.25) is 4.79 Å². The molecule has 0 saturated heterocycles. The van der Waals surface area contributed by atoms with Gasteiger partial charge in [-0.15, -0.1) is 0 Å². The van der Waals surface area contributed by atoms with Gasteiger partial charge in [0, 0.05) is 6.04 Å². The highest BCUT2D eigenvalue weighted by Gasteiger charge is 2.27. The van der Waals surface area contributed by atoms with Gasteiger partial charge in [0.1, 0.15) is 6.20 Å². The normalized spacial score (nSPS) is 15.8. The zero-order valence-electron chi connectivity index (χ0n) is 9.83. The number of ether oxygens (including phenoxy) is 1. The molecule has 2 rings (SSSR count). The van der Waals surface area contributed by atoms with Crippen molar-refractivity contribution in [2.45, 2.75) is 31.9 Å². The van der Waals surface area contributed by atoms with Gasteiger partial charge in [0.25, 0.3) is 5.91 Å². The van der Waals surface area contributed by atoms with Crippen molar-refractivity contribution in [1.29, 1.82) is 0 Å². The fourth-order valence-corrected chi connectivity index (χ4v) is 1.40. The summed E-state index contributed by atoms with van der Waals surface area (Å²) in [5.41, 5.74) is 0. The van der Waals surface area contributed by atoms with E-state index in [0.29, 0.717) is 0 Å². The van der Waals surface area contributed by atoms with Crippen molar-refractivity contribution >= 4 is 11.7 Å². The molecule has 7 nitrogen and oxygen atoms in total. The van der Waals surface area contributed by atoms with Gasteiger partial charge in [-0.05, 0) is 41.8 Å². The van der Waals surface area contributed by atoms with Crippen LogP contribution in [0.15, 0.2) is 18.3 Å². The highest BCUT2D eigenvalue weighted by molar-refractivity contribution is 5.81. The standard InChI is InChI=1S/C11H13N3O4/c1-7(11(15)13-8-4-5-8)18-9-3-2-6-12-10(9)14(16)17/h2-3,6-8H,4-5H2,1H3,(H,13,15)/t7-/m0/s1. The van der Waals surface area contributed by atoms with Crippen LogP contribution < -0.4 is 10.1 Å². The number of carbonyl (C=O) groups excluding carboxylic acids is 1. The van der Waals surface area contributed by atoms with Crippen molar-refractivity contribution in [1.82, 2.24) is 10.3 Å². The van der Waals surface area contributed by atoms with Gasteiger partial charge in [0.15, 0.2) is 6.10 Å². The third-order valence-electron chi connectivity index (χ3n) is 2.52. The van der Waals surface area contributed by atoms with E-state index in [4.69, 9.17) is 4.74 Å². The van der Waals surface area contributed by atoms with E-state index in [2.05, 4.69) is 10.3 Å². The molecule has 1 saturated carbocycles. The van der Waals surface area contributed by atoms with Crippen LogP contribution in [0.25, 0.3) is 0 Å². The first-order valence-corrected chi connectivity index (χ1v) is 5.64. The molecule has 0 radical (unpaired) electrons. The molecule has 0 aliphatic heterocycles. The number of nitro groups is 1.